The summed E-state index contributed by atoms with van der Waals surface area (Å²) in [5, 5.41) is 12.9. The van der Waals surface area contributed by atoms with Crippen LogP contribution in [0.4, 0.5) is 4.39 Å². The van der Waals surface area contributed by atoms with Crippen LogP contribution in [0.5, 0.6) is 0 Å². The van der Waals surface area contributed by atoms with Gasteiger partial charge in [0.25, 0.3) is 0 Å². The van der Waals surface area contributed by atoms with E-state index in [0.29, 0.717) is 11.4 Å². The summed E-state index contributed by atoms with van der Waals surface area (Å²) in [6.07, 6.45) is 1.54. The molecule has 0 atom stereocenters. The smallest absolute Gasteiger partial charge is 0.225 e. The zero-order chi connectivity index (χ0) is 15.7. The molecule has 1 heterocycles. The first kappa shape index (κ1) is 14.4. The van der Waals surface area contributed by atoms with E-state index in [1.807, 2.05) is 0 Å². The number of rotatable bonds is 3. The van der Waals surface area contributed by atoms with Crippen LogP contribution in [0.3, 0.4) is 0 Å². The van der Waals surface area contributed by atoms with Crippen LogP contribution in [0.25, 0.3) is 16.9 Å². The Bertz CT molecular complexity index is 903. The molecule has 0 saturated carbocycles. The lowest BCUT2D eigenvalue weighted by atomic mass is 10.1. The Hall–Kier alpha value is -2.58. The topological polar surface area (TPSA) is 90.9 Å². The first-order valence-electron chi connectivity index (χ1n) is 6.25. The van der Waals surface area contributed by atoms with Crippen molar-refractivity contribution in [2.24, 2.45) is 5.14 Å². The third-order valence-electron chi connectivity index (χ3n) is 3.10. The van der Waals surface area contributed by atoms with Gasteiger partial charge in [0.1, 0.15) is 5.82 Å². The van der Waals surface area contributed by atoms with Crippen molar-refractivity contribution < 1.29 is 12.8 Å². The maximum absolute atomic E-state index is 13.0. The van der Waals surface area contributed by atoms with Crippen LogP contribution in [0, 0.1) is 5.82 Å². The summed E-state index contributed by atoms with van der Waals surface area (Å²) in [6, 6.07) is 11.8. The van der Waals surface area contributed by atoms with Gasteiger partial charge in [-0.2, -0.15) is 0 Å². The first-order chi connectivity index (χ1) is 10.4. The lowest BCUT2D eigenvalue weighted by Gasteiger charge is -2.07. The van der Waals surface area contributed by atoms with Crippen molar-refractivity contribution in [2.75, 3.05) is 0 Å². The second-order valence-corrected chi connectivity index (χ2v) is 6.14. The molecule has 8 heteroatoms. The van der Waals surface area contributed by atoms with Gasteiger partial charge >= 0.3 is 0 Å². The van der Waals surface area contributed by atoms with Gasteiger partial charge in [-0.25, -0.2) is 22.6 Å². The zero-order valence-electron chi connectivity index (χ0n) is 11.2. The van der Waals surface area contributed by atoms with Crippen LogP contribution in [0.15, 0.2) is 59.6 Å². The number of nitrogens with zero attached hydrogens (tertiary/aromatic N) is 3. The molecule has 6 nitrogen and oxygen atoms in total. The molecule has 0 saturated heterocycles. The Kier molecular flexibility index (Phi) is 3.47. The fraction of sp³-hybridized carbons (Fsp3) is 0. The van der Waals surface area contributed by atoms with E-state index in [0.717, 1.165) is 5.56 Å². The Morgan fingerprint density at radius 1 is 1.00 bits per heavy atom. The van der Waals surface area contributed by atoms with Gasteiger partial charge in [0.2, 0.25) is 10.0 Å². The number of aromatic nitrogens is 3. The molecule has 3 aromatic rings. The van der Waals surface area contributed by atoms with Gasteiger partial charge in [0.05, 0.1) is 22.5 Å². The average molecular weight is 318 g/mol. The normalized spacial score (nSPS) is 11.5. The zero-order valence-corrected chi connectivity index (χ0v) is 12.0. The van der Waals surface area contributed by atoms with Crippen molar-refractivity contribution in [1.82, 2.24) is 15.0 Å². The summed E-state index contributed by atoms with van der Waals surface area (Å²) < 4.78 is 37.0. The van der Waals surface area contributed by atoms with E-state index in [4.69, 9.17) is 5.14 Å². The molecule has 2 aromatic carbocycles. The third-order valence-corrected chi connectivity index (χ3v) is 4.03. The van der Waals surface area contributed by atoms with Crippen LogP contribution in [0.1, 0.15) is 0 Å². The molecule has 0 fully saturated rings. The number of hydrogen-bond acceptors (Lipinski definition) is 4. The minimum atomic E-state index is -3.74. The van der Waals surface area contributed by atoms with E-state index in [9.17, 15) is 12.8 Å². The maximum atomic E-state index is 13.0. The molecule has 0 aliphatic carbocycles. The predicted molar refractivity (Wildman–Crippen MR) is 78.1 cm³/mol. The molecular weight excluding hydrogens is 307 g/mol. The molecule has 0 aliphatic rings. The Morgan fingerprint density at radius 3 is 2.23 bits per heavy atom. The molecule has 1 aromatic heterocycles. The van der Waals surface area contributed by atoms with Crippen molar-refractivity contribution >= 4 is 10.0 Å². The quantitative estimate of drug-likeness (QED) is 0.796. The Balaban J connectivity index is 2.03. The fourth-order valence-electron chi connectivity index (χ4n) is 2.02. The predicted octanol–water partition coefficient (Wildman–Crippen LogP) is 1.72. The van der Waals surface area contributed by atoms with Gasteiger partial charge in [-0.1, -0.05) is 5.21 Å². The van der Waals surface area contributed by atoms with E-state index in [-0.39, 0.29) is 10.7 Å². The van der Waals surface area contributed by atoms with E-state index in [1.165, 1.54) is 28.9 Å². The first-order valence-corrected chi connectivity index (χ1v) is 7.80. The second kappa shape index (κ2) is 5.32. The highest BCUT2D eigenvalue weighted by molar-refractivity contribution is 7.89. The largest absolute Gasteiger partial charge is 0.238 e. The molecular formula is C14H11FN4O2S. The highest BCUT2D eigenvalue weighted by atomic mass is 32.2. The van der Waals surface area contributed by atoms with Gasteiger partial charge in [0.15, 0.2) is 0 Å². The molecule has 3 rings (SSSR count). The number of sulfonamides is 1. The lowest BCUT2D eigenvalue weighted by molar-refractivity contribution is 0.597. The Morgan fingerprint density at radius 2 is 1.64 bits per heavy atom. The third kappa shape index (κ3) is 2.74. The molecule has 0 amide bonds. The van der Waals surface area contributed by atoms with Crippen LogP contribution >= 0.6 is 0 Å². The number of benzene rings is 2. The fourth-order valence-corrected chi connectivity index (χ4v) is 2.54. The molecule has 0 unspecified atom stereocenters. The molecule has 0 bridgehead atoms. The second-order valence-electron chi connectivity index (χ2n) is 4.58. The molecule has 0 aliphatic heterocycles. The van der Waals surface area contributed by atoms with Crippen LogP contribution in [-0.2, 0) is 10.0 Å². The molecule has 0 spiro atoms. The monoisotopic (exact) mass is 318 g/mol. The van der Waals surface area contributed by atoms with E-state index >= 15 is 0 Å². The molecule has 2 N–H and O–H groups in total. The van der Waals surface area contributed by atoms with E-state index in [2.05, 4.69) is 10.3 Å². The van der Waals surface area contributed by atoms with Crippen molar-refractivity contribution in [1.29, 1.82) is 0 Å². The minimum Gasteiger partial charge on any atom is -0.225 e. The summed E-state index contributed by atoms with van der Waals surface area (Å²) in [4.78, 5) is 0.0136. The summed E-state index contributed by atoms with van der Waals surface area (Å²) >= 11 is 0. The van der Waals surface area contributed by atoms with E-state index in [1.54, 1.807) is 30.5 Å². The van der Waals surface area contributed by atoms with E-state index < -0.39 is 10.0 Å². The van der Waals surface area contributed by atoms with Crippen LogP contribution in [0.2, 0.25) is 0 Å². The molecule has 0 radical (unpaired) electrons. The molecule has 112 valence electrons. The van der Waals surface area contributed by atoms with Gasteiger partial charge in [0, 0.05) is 5.56 Å². The number of nitrogens with two attached hydrogens (primary N) is 1. The summed E-state index contributed by atoms with van der Waals surface area (Å²) in [6.45, 7) is 0. The van der Waals surface area contributed by atoms with Crippen LogP contribution in [-0.4, -0.2) is 23.4 Å². The number of primary sulfonamides is 1. The maximum Gasteiger partial charge on any atom is 0.238 e. The standard InChI is InChI=1S/C14H11FN4O2S/c15-11-3-1-10(2-4-11)14-9-17-18-19(14)12-5-7-13(8-6-12)22(16,20)21/h1-9H,(H2,16,20,21). The SMILES string of the molecule is NS(=O)(=O)c1ccc(-n2nncc2-c2ccc(F)cc2)cc1. The lowest BCUT2D eigenvalue weighted by Crippen LogP contribution is -2.12. The van der Waals surface area contributed by atoms with Gasteiger partial charge < -0.3 is 0 Å². The highest BCUT2D eigenvalue weighted by Gasteiger charge is 2.11. The number of hydrogen-bond donors (Lipinski definition) is 1. The summed E-state index contributed by atoms with van der Waals surface area (Å²) in [5.41, 5.74) is 2.01. The van der Waals surface area contributed by atoms with Crippen molar-refractivity contribution in [3.8, 4) is 16.9 Å². The minimum absolute atomic E-state index is 0.0136. The van der Waals surface area contributed by atoms with Crippen LogP contribution < -0.4 is 5.14 Å². The van der Waals surface area contributed by atoms with Crippen molar-refractivity contribution in [2.45, 2.75) is 4.90 Å². The molecule has 22 heavy (non-hydrogen) atoms. The summed E-state index contributed by atoms with van der Waals surface area (Å²) in [7, 11) is -3.74. The Labute approximate surface area is 126 Å². The van der Waals surface area contributed by atoms with Crippen molar-refractivity contribution in [3.05, 3.63) is 60.5 Å². The summed E-state index contributed by atoms with van der Waals surface area (Å²) in [5.74, 6) is -0.333. The average Bonchev–Trinajstić information content (AvgIpc) is 2.97. The van der Waals surface area contributed by atoms with Gasteiger partial charge in [-0.15, -0.1) is 5.10 Å². The van der Waals surface area contributed by atoms with Gasteiger partial charge in [-0.3, -0.25) is 0 Å². The number of halogens is 1. The van der Waals surface area contributed by atoms with Crippen molar-refractivity contribution in [3.63, 3.8) is 0 Å². The highest BCUT2D eigenvalue weighted by Crippen LogP contribution is 2.22. The van der Waals surface area contributed by atoms with Gasteiger partial charge in [-0.05, 0) is 48.5 Å².